The molecule has 1 saturated heterocycles. The third kappa shape index (κ3) is 3.30. The third-order valence-corrected chi connectivity index (χ3v) is 3.08. The van der Waals surface area contributed by atoms with Crippen LogP contribution in [0, 0.1) is 0 Å². The molecule has 18 heavy (non-hydrogen) atoms. The highest BCUT2D eigenvalue weighted by atomic mass is 16.5. The van der Waals surface area contributed by atoms with Gasteiger partial charge in [0.25, 0.3) is 5.56 Å². The van der Waals surface area contributed by atoms with Crippen molar-refractivity contribution in [3.63, 3.8) is 0 Å². The molecular weight excluding hydrogens is 232 g/mol. The van der Waals surface area contributed by atoms with E-state index in [9.17, 15) is 4.79 Å². The molecule has 2 rings (SSSR count). The maximum atomic E-state index is 11.9. The fraction of sp³-hybridized carbons (Fsp3) is 0.667. The second-order valence-corrected chi connectivity index (χ2v) is 4.25. The van der Waals surface area contributed by atoms with Gasteiger partial charge in [0, 0.05) is 45.1 Å². The second kappa shape index (κ2) is 6.51. The molecule has 0 aliphatic carbocycles. The number of aryl methyl sites for hydroxylation is 1. The van der Waals surface area contributed by atoms with Crippen LogP contribution >= 0.6 is 0 Å². The van der Waals surface area contributed by atoms with Gasteiger partial charge in [0.1, 0.15) is 0 Å². The fourth-order valence-corrected chi connectivity index (χ4v) is 1.97. The first-order valence-electron chi connectivity index (χ1n) is 6.40. The van der Waals surface area contributed by atoms with Crippen LogP contribution < -0.4 is 10.9 Å². The van der Waals surface area contributed by atoms with E-state index in [2.05, 4.69) is 15.2 Å². The minimum atomic E-state index is -0.0537. The highest BCUT2D eigenvalue weighted by Crippen LogP contribution is 1.97. The summed E-state index contributed by atoms with van der Waals surface area (Å²) in [6.45, 7) is 7.77. The van der Waals surface area contributed by atoms with Gasteiger partial charge in [-0.2, -0.15) is 0 Å². The Hall–Kier alpha value is -1.40. The molecule has 6 heteroatoms. The topological polar surface area (TPSA) is 59.4 Å². The first-order valence-corrected chi connectivity index (χ1v) is 6.40. The van der Waals surface area contributed by atoms with E-state index in [1.165, 1.54) is 0 Å². The van der Waals surface area contributed by atoms with E-state index in [1.54, 1.807) is 17.0 Å². The zero-order chi connectivity index (χ0) is 12.8. The molecule has 100 valence electrons. The van der Waals surface area contributed by atoms with E-state index < -0.39 is 0 Å². The quantitative estimate of drug-likeness (QED) is 0.800. The maximum absolute atomic E-state index is 11.9. The average Bonchev–Trinajstić information content (AvgIpc) is 2.42. The van der Waals surface area contributed by atoms with Crippen LogP contribution in [0.5, 0.6) is 0 Å². The lowest BCUT2D eigenvalue weighted by atomic mass is 10.4. The molecule has 1 aromatic heterocycles. The second-order valence-electron chi connectivity index (χ2n) is 4.25. The minimum Gasteiger partial charge on any atom is -0.379 e. The van der Waals surface area contributed by atoms with E-state index in [0.717, 1.165) is 39.4 Å². The van der Waals surface area contributed by atoms with Crippen LogP contribution in [0.2, 0.25) is 0 Å². The Labute approximate surface area is 107 Å². The number of hydrogen-bond donors (Lipinski definition) is 1. The largest absolute Gasteiger partial charge is 0.379 e. The highest BCUT2D eigenvalue weighted by molar-refractivity contribution is 5.30. The summed E-state index contributed by atoms with van der Waals surface area (Å²) in [5.74, 6) is 0.438. The van der Waals surface area contributed by atoms with E-state index >= 15 is 0 Å². The summed E-state index contributed by atoms with van der Waals surface area (Å²) in [4.78, 5) is 18.3. The zero-order valence-corrected chi connectivity index (χ0v) is 10.8. The van der Waals surface area contributed by atoms with Gasteiger partial charge in [0.2, 0.25) is 0 Å². The van der Waals surface area contributed by atoms with Gasteiger partial charge in [-0.05, 0) is 6.92 Å². The molecule has 1 fully saturated rings. The monoisotopic (exact) mass is 252 g/mol. The van der Waals surface area contributed by atoms with Crippen molar-refractivity contribution in [1.29, 1.82) is 0 Å². The van der Waals surface area contributed by atoms with Crippen molar-refractivity contribution in [1.82, 2.24) is 14.5 Å². The third-order valence-electron chi connectivity index (χ3n) is 3.08. The van der Waals surface area contributed by atoms with E-state index in [0.29, 0.717) is 12.4 Å². The predicted molar refractivity (Wildman–Crippen MR) is 69.9 cm³/mol. The summed E-state index contributed by atoms with van der Waals surface area (Å²) in [5.41, 5.74) is -0.0537. The standard InChI is InChI=1S/C12H20N4O2/c1-2-16-6-4-14-11(12(16)17)13-3-5-15-7-9-18-10-8-15/h4,6H,2-3,5,7-10H2,1H3,(H,13,14). The Morgan fingerprint density at radius 1 is 1.44 bits per heavy atom. The van der Waals surface area contributed by atoms with Crippen molar-refractivity contribution >= 4 is 5.82 Å². The van der Waals surface area contributed by atoms with Crippen molar-refractivity contribution in [3.05, 3.63) is 22.7 Å². The highest BCUT2D eigenvalue weighted by Gasteiger charge is 2.10. The Kier molecular flexibility index (Phi) is 4.72. The molecule has 2 heterocycles. The number of nitrogens with zero attached hydrogens (tertiary/aromatic N) is 3. The van der Waals surface area contributed by atoms with Crippen LogP contribution in [-0.2, 0) is 11.3 Å². The smallest absolute Gasteiger partial charge is 0.293 e. The van der Waals surface area contributed by atoms with Gasteiger partial charge < -0.3 is 14.6 Å². The summed E-state index contributed by atoms with van der Waals surface area (Å²) in [6.07, 6.45) is 3.36. The molecule has 1 aromatic rings. The summed E-state index contributed by atoms with van der Waals surface area (Å²) in [7, 11) is 0. The van der Waals surface area contributed by atoms with Gasteiger partial charge in [0.05, 0.1) is 13.2 Å². The molecule has 0 bridgehead atoms. The maximum Gasteiger partial charge on any atom is 0.293 e. The molecule has 0 saturated carbocycles. The molecule has 0 aromatic carbocycles. The van der Waals surface area contributed by atoms with Crippen LogP contribution in [0.3, 0.4) is 0 Å². The van der Waals surface area contributed by atoms with E-state index in [4.69, 9.17) is 4.74 Å². The summed E-state index contributed by atoms with van der Waals surface area (Å²) >= 11 is 0. The number of anilines is 1. The van der Waals surface area contributed by atoms with Crippen molar-refractivity contribution < 1.29 is 4.74 Å². The molecule has 0 amide bonds. The molecule has 6 nitrogen and oxygen atoms in total. The molecule has 0 unspecified atom stereocenters. The van der Waals surface area contributed by atoms with Gasteiger partial charge >= 0.3 is 0 Å². The average molecular weight is 252 g/mol. The van der Waals surface area contributed by atoms with Crippen LogP contribution in [0.25, 0.3) is 0 Å². The molecule has 1 aliphatic rings. The van der Waals surface area contributed by atoms with Gasteiger partial charge in [-0.15, -0.1) is 0 Å². The van der Waals surface area contributed by atoms with Crippen LogP contribution in [0.1, 0.15) is 6.92 Å². The molecular formula is C12H20N4O2. The van der Waals surface area contributed by atoms with Crippen LogP contribution in [0.4, 0.5) is 5.82 Å². The molecule has 0 radical (unpaired) electrons. The molecule has 0 atom stereocenters. The van der Waals surface area contributed by atoms with Crippen LogP contribution in [0.15, 0.2) is 17.2 Å². The lowest BCUT2D eigenvalue weighted by Crippen LogP contribution is -2.39. The van der Waals surface area contributed by atoms with Gasteiger partial charge in [0.15, 0.2) is 5.82 Å². The first kappa shape index (κ1) is 13.0. The Morgan fingerprint density at radius 3 is 2.94 bits per heavy atom. The Morgan fingerprint density at radius 2 is 2.22 bits per heavy atom. The van der Waals surface area contributed by atoms with Crippen molar-refractivity contribution in [2.45, 2.75) is 13.5 Å². The van der Waals surface area contributed by atoms with Crippen LogP contribution in [-0.4, -0.2) is 53.8 Å². The number of nitrogens with one attached hydrogen (secondary N) is 1. The summed E-state index contributed by atoms with van der Waals surface area (Å²) in [5, 5.41) is 3.11. The van der Waals surface area contributed by atoms with Crippen molar-refractivity contribution in [2.24, 2.45) is 0 Å². The molecule has 1 aliphatic heterocycles. The van der Waals surface area contributed by atoms with Gasteiger partial charge in [-0.3, -0.25) is 9.69 Å². The normalized spacial score (nSPS) is 16.7. The summed E-state index contributed by atoms with van der Waals surface area (Å²) < 4.78 is 6.93. The predicted octanol–water partition coefficient (Wildman–Crippen LogP) is 0.00730. The number of hydrogen-bond acceptors (Lipinski definition) is 5. The van der Waals surface area contributed by atoms with Gasteiger partial charge in [-0.25, -0.2) is 4.98 Å². The van der Waals surface area contributed by atoms with Crippen molar-refractivity contribution in [3.8, 4) is 0 Å². The number of aromatic nitrogens is 2. The lowest BCUT2D eigenvalue weighted by molar-refractivity contribution is 0.0398. The molecule has 1 N–H and O–H groups in total. The first-order chi connectivity index (χ1) is 8.81. The van der Waals surface area contributed by atoms with Crippen molar-refractivity contribution in [2.75, 3.05) is 44.7 Å². The Bertz CT molecular complexity index is 426. The summed E-state index contributed by atoms with van der Waals surface area (Å²) in [6, 6.07) is 0. The Balaban J connectivity index is 1.84. The number of rotatable bonds is 5. The minimum absolute atomic E-state index is 0.0537. The van der Waals surface area contributed by atoms with E-state index in [1.807, 2.05) is 6.92 Å². The number of morpholine rings is 1. The number of ether oxygens (including phenoxy) is 1. The molecule has 0 spiro atoms. The lowest BCUT2D eigenvalue weighted by Gasteiger charge is -2.26. The zero-order valence-electron chi connectivity index (χ0n) is 10.8. The SMILES string of the molecule is CCn1ccnc(NCCN2CCOCC2)c1=O. The van der Waals surface area contributed by atoms with E-state index in [-0.39, 0.29) is 5.56 Å². The van der Waals surface area contributed by atoms with Gasteiger partial charge in [-0.1, -0.05) is 0 Å². The fourth-order valence-electron chi connectivity index (χ4n) is 1.97.